The van der Waals surface area contributed by atoms with Gasteiger partial charge in [0, 0.05) is 25.6 Å². The Morgan fingerprint density at radius 3 is 2.88 bits per heavy atom. The van der Waals surface area contributed by atoms with Crippen molar-refractivity contribution in [1.29, 1.82) is 0 Å². The van der Waals surface area contributed by atoms with Crippen molar-refractivity contribution >= 4 is 0 Å². The van der Waals surface area contributed by atoms with E-state index < -0.39 is 0 Å². The van der Waals surface area contributed by atoms with Gasteiger partial charge < -0.3 is 10.5 Å². The Bertz CT molecular complexity index is 296. The summed E-state index contributed by atoms with van der Waals surface area (Å²) >= 11 is 0. The van der Waals surface area contributed by atoms with E-state index >= 15 is 0 Å². The topological polar surface area (TPSA) is 48.1 Å². The molecule has 88 valence electrons. The molecule has 1 saturated heterocycles. The zero-order chi connectivity index (χ0) is 11.2. The lowest BCUT2D eigenvalue weighted by Gasteiger charge is -2.30. The molecule has 0 unspecified atom stereocenters. The third-order valence-electron chi connectivity index (χ3n) is 3.43. The van der Waals surface area contributed by atoms with Crippen LogP contribution < -0.4 is 5.73 Å². The van der Waals surface area contributed by atoms with Crippen LogP contribution >= 0.6 is 0 Å². The summed E-state index contributed by atoms with van der Waals surface area (Å²) in [6, 6.07) is 4.18. The molecule has 0 radical (unpaired) electrons. The lowest BCUT2D eigenvalue weighted by molar-refractivity contribution is 0.0569. The predicted octanol–water partition coefficient (Wildman–Crippen LogP) is 1.94. The van der Waals surface area contributed by atoms with E-state index in [4.69, 9.17) is 10.5 Å². The van der Waals surface area contributed by atoms with E-state index in [9.17, 15) is 0 Å². The number of hydrogen-bond acceptors (Lipinski definition) is 3. The molecule has 16 heavy (non-hydrogen) atoms. The largest absolute Gasteiger partial charge is 0.381 e. The van der Waals surface area contributed by atoms with Crippen LogP contribution in [0.15, 0.2) is 24.5 Å². The van der Waals surface area contributed by atoms with Crippen molar-refractivity contribution in [3.8, 4) is 0 Å². The highest BCUT2D eigenvalue weighted by molar-refractivity contribution is 5.16. The average molecular weight is 220 g/mol. The lowest BCUT2D eigenvalue weighted by Crippen LogP contribution is -2.24. The van der Waals surface area contributed by atoms with Gasteiger partial charge in [-0.1, -0.05) is 6.07 Å². The maximum Gasteiger partial charge on any atom is 0.0468 e. The third-order valence-corrected chi connectivity index (χ3v) is 3.43. The number of pyridine rings is 1. The Morgan fingerprint density at radius 1 is 1.44 bits per heavy atom. The highest BCUT2D eigenvalue weighted by Gasteiger charge is 2.24. The van der Waals surface area contributed by atoms with Crippen LogP contribution in [0.5, 0.6) is 0 Å². The third kappa shape index (κ3) is 2.80. The zero-order valence-electron chi connectivity index (χ0n) is 9.64. The molecule has 2 N–H and O–H groups in total. The minimum Gasteiger partial charge on any atom is -0.381 e. The zero-order valence-corrected chi connectivity index (χ0v) is 9.64. The van der Waals surface area contributed by atoms with E-state index in [0.29, 0.717) is 11.8 Å². The summed E-state index contributed by atoms with van der Waals surface area (Å²) < 4.78 is 5.42. The first-order chi connectivity index (χ1) is 7.92. The highest BCUT2D eigenvalue weighted by atomic mass is 16.5. The molecule has 2 heterocycles. The van der Waals surface area contributed by atoms with Gasteiger partial charge in [-0.05, 0) is 49.3 Å². The van der Waals surface area contributed by atoms with Crippen molar-refractivity contribution < 1.29 is 4.74 Å². The monoisotopic (exact) mass is 220 g/mol. The minimum atomic E-state index is 0.558. The van der Waals surface area contributed by atoms with Gasteiger partial charge >= 0.3 is 0 Å². The van der Waals surface area contributed by atoms with Crippen molar-refractivity contribution in [2.75, 3.05) is 19.8 Å². The molecule has 0 bridgehead atoms. The normalized spacial score (nSPS) is 19.6. The number of aromatic nitrogens is 1. The van der Waals surface area contributed by atoms with E-state index in [-0.39, 0.29) is 0 Å². The van der Waals surface area contributed by atoms with Crippen molar-refractivity contribution in [1.82, 2.24) is 4.98 Å². The van der Waals surface area contributed by atoms with Gasteiger partial charge in [0.2, 0.25) is 0 Å². The second-order valence-electron chi connectivity index (χ2n) is 4.42. The van der Waals surface area contributed by atoms with E-state index in [1.807, 2.05) is 18.5 Å². The molecule has 0 saturated carbocycles. The summed E-state index contributed by atoms with van der Waals surface area (Å²) in [5.41, 5.74) is 7.05. The van der Waals surface area contributed by atoms with E-state index in [1.165, 1.54) is 5.56 Å². The molecule has 1 atom stereocenters. The molecule has 1 aromatic heterocycles. The van der Waals surface area contributed by atoms with E-state index in [1.54, 1.807) is 0 Å². The molecule has 0 aromatic carbocycles. The fourth-order valence-electron chi connectivity index (χ4n) is 2.57. The Labute approximate surface area is 97.0 Å². The fraction of sp³-hybridized carbons (Fsp3) is 0.615. The van der Waals surface area contributed by atoms with E-state index in [0.717, 1.165) is 39.0 Å². The second-order valence-corrected chi connectivity index (χ2v) is 4.42. The molecule has 1 fully saturated rings. The Hall–Kier alpha value is -0.930. The minimum absolute atomic E-state index is 0.558. The first-order valence-electron chi connectivity index (χ1n) is 6.09. The van der Waals surface area contributed by atoms with Gasteiger partial charge in [-0.3, -0.25) is 4.98 Å². The maximum atomic E-state index is 5.72. The first kappa shape index (κ1) is 11.6. The number of nitrogens with zero attached hydrogens (tertiary/aromatic N) is 1. The van der Waals surface area contributed by atoms with Crippen LogP contribution in [-0.2, 0) is 4.74 Å². The molecular formula is C13H20N2O. The smallest absolute Gasteiger partial charge is 0.0468 e. The summed E-state index contributed by atoms with van der Waals surface area (Å²) in [6.07, 6.45) is 7.16. The van der Waals surface area contributed by atoms with Crippen molar-refractivity contribution in [3.05, 3.63) is 30.1 Å². The number of hydrogen-bond donors (Lipinski definition) is 1. The highest BCUT2D eigenvalue weighted by Crippen LogP contribution is 2.33. The molecule has 3 nitrogen and oxygen atoms in total. The van der Waals surface area contributed by atoms with Crippen LogP contribution in [0.1, 0.15) is 30.7 Å². The van der Waals surface area contributed by atoms with Crippen molar-refractivity contribution in [2.45, 2.75) is 25.2 Å². The van der Waals surface area contributed by atoms with Gasteiger partial charge in [0.15, 0.2) is 0 Å². The van der Waals surface area contributed by atoms with Gasteiger partial charge in [-0.25, -0.2) is 0 Å². The Balaban J connectivity index is 2.09. The average Bonchev–Trinajstić information content (AvgIpc) is 2.38. The fourth-order valence-corrected chi connectivity index (χ4v) is 2.57. The van der Waals surface area contributed by atoms with Crippen LogP contribution in [0.4, 0.5) is 0 Å². The predicted molar refractivity (Wildman–Crippen MR) is 64.2 cm³/mol. The quantitative estimate of drug-likeness (QED) is 0.843. The SMILES string of the molecule is NCC[C@H](c1cccnc1)C1CCOCC1. The number of nitrogens with two attached hydrogens (primary N) is 1. The maximum absolute atomic E-state index is 5.72. The standard InChI is InChI=1S/C13H20N2O/c14-6-3-13(11-4-8-16-9-5-11)12-2-1-7-15-10-12/h1-2,7,10-11,13H,3-6,8-9,14H2/t13-/m0/s1. The Kier molecular flexibility index (Phi) is 4.31. The van der Waals surface area contributed by atoms with Crippen LogP contribution in [0.2, 0.25) is 0 Å². The van der Waals surface area contributed by atoms with Crippen LogP contribution in [0.25, 0.3) is 0 Å². The van der Waals surface area contributed by atoms with Crippen molar-refractivity contribution in [3.63, 3.8) is 0 Å². The molecule has 1 aliphatic rings. The molecule has 1 aromatic rings. The summed E-state index contributed by atoms with van der Waals surface area (Å²) in [4.78, 5) is 4.21. The van der Waals surface area contributed by atoms with Gasteiger partial charge in [0.05, 0.1) is 0 Å². The van der Waals surface area contributed by atoms with Gasteiger partial charge in [-0.15, -0.1) is 0 Å². The molecule has 0 spiro atoms. The summed E-state index contributed by atoms with van der Waals surface area (Å²) in [5.74, 6) is 1.27. The first-order valence-corrected chi connectivity index (χ1v) is 6.09. The molecule has 0 amide bonds. The summed E-state index contributed by atoms with van der Waals surface area (Å²) in [6.45, 7) is 2.54. The van der Waals surface area contributed by atoms with Crippen LogP contribution in [0, 0.1) is 5.92 Å². The molecule has 3 heteroatoms. The van der Waals surface area contributed by atoms with Crippen molar-refractivity contribution in [2.24, 2.45) is 11.7 Å². The molecule has 0 aliphatic carbocycles. The summed E-state index contributed by atoms with van der Waals surface area (Å²) in [5, 5.41) is 0. The molecular weight excluding hydrogens is 200 g/mol. The Morgan fingerprint density at radius 2 is 2.25 bits per heavy atom. The van der Waals surface area contributed by atoms with E-state index in [2.05, 4.69) is 11.1 Å². The van der Waals surface area contributed by atoms with Gasteiger partial charge in [0.1, 0.15) is 0 Å². The lowest BCUT2D eigenvalue weighted by atomic mass is 9.80. The second kappa shape index (κ2) is 5.97. The molecule has 1 aliphatic heterocycles. The van der Waals surface area contributed by atoms with Crippen LogP contribution in [0.3, 0.4) is 0 Å². The summed E-state index contributed by atoms with van der Waals surface area (Å²) in [7, 11) is 0. The number of rotatable bonds is 4. The van der Waals surface area contributed by atoms with Gasteiger partial charge in [0.25, 0.3) is 0 Å². The molecule has 2 rings (SSSR count). The number of ether oxygens (including phenoxy) is 1. The van der Waals surface area contributed by atoms with Gasteiger partial charge in [-0.2, -0.15) is 0 Å². The van der Waals surface area contributed by atoms with Crippen LogP contribution in [-0.4, -0.2) is 24.7 Å².